The summed E-state index contributed by atoms with van der Waals surface area (Å²) in [6.07, 6.45) is 3.40. The van der Waals surface area contributed by atoms with E-state index in [2.05, 4.69) is 25.4 Å². The lowest BCUT2D eigenvalue weighted by Gasteiger charge is -2.38. The van der Waals surface area contributed by atoms with Crippen LogP contribution in [0.15, 0.2) is 29.3 Å². The second-order valence-electron chi connectivity index (χ2n) is 7.50. The van der Waals surface area contributed by atoms with E-state index in [-0.39, 0.29) is 24.0 Å². The van der Waals surface area contributed by atoms with Crippen LogP contribution in [0.25, 0.3) is 0 Å². The minimum Gasteiger partial charge on any atom is -0.497 e. The number of carbonyl (C=O) groups is 1. The monoisotopic (exact) mass is 515 g/mol. The average Bonchev–Trinajstić information content (AvgIpc) is 2.70. The normalized spacial score (nSPS) is 17.9. The first-order valence-corrected chi connectivity index (χ1v) is 10.3. The van der Waals surface area contributed by atoms with Crippen LogP contribution in [0, 0.1) is 5.92 Å². The number of aliphatic imine (C=N–C) groups is 1. The van der Waals surface area contributed by atoms with Gasteiger partial charge >= 0.3 is 0 Å². The third-order valence-corrected chi connectivity index (χ3v) is 5.70. The predicted molar refractivity (Wildman–Crippen MR) is 127 cm³/mol. The zero-order valence-corrected chi connectivity index (χ0v) is 19.9. The maximum atomic E-state index is 12.3. The summed E-state index contributed by atoms with van der Waals surface area (Å²) in [5.41, 5.74) is 1.18. The highest BCUT2D eigenvalue weighted by molar-refractivity contribution is 14.0. The van der Waals surface area contributed by atoms with Crippen molar-refractivity contribution in [2.45, 2.75) is 25.8 Å². The number of hydrogen-bond donors (Lipinski definition) is 2. The molecule has 1 aromatic carbocycles. The van der Waals surface area contributed by atoms with Crippen molar-refractivity contribution in [2.75, 3.05) is 53.4 Å². The molecule has 29 heavy (non-hydrogen) atoms. The predicted octanol–water partition coefficient (Wildman–Crippen LogP) is 1.92. The van der Waals surface area contributed by atoms with Crippen LogP contribution in [0.1, 0.15) is 24.8 Å². The Balaban J connectivity index is 0.00000300. The van der Waals surface area contributed by atoms with Crippen LogP contribution in [0.2, 0.25) is 0 Å². The van der Waals surface area contributed by atoms with Crippen molar-refractivity contribution in [3.8, 4) is 5.75 Å². The summed E-state index contributed by atoms with van der Waals surface area (Å²) in [4.78, 5) is 21.1. The molecule has 1 saturated heterocycles. The number of amides is 1. The number of piperazine rings is 1. The highest BCUT2D eigenvalue weighted by Crippen LogP contribution is 2.28. The number of nitrogens with zero attached hydrogens (tertiary/aromatic N) is 3. The Morgan fingerprint density at radius 1 is 1.14 bits per heavy atom. The van der Waals surface area contributed by atoms with Gasteiger partial charge in [-0.05, 0) is 30.5 Å². The summed E-state index contributed by atoms with van der Waals surface area (Å²) in [5.74, 6) is 2.36. The summed E-state index contributed by atoms with van der Waals surface area (Å²) >= 11 is 0. The van der Waals surface area contributed by atoms with Crippen molar-refractivity contribution in [3.63, 3.8) is 0 Å². The molecule has 2 fully saturated rings. The molecule has 1 heterocycles. The molecule has 1 aliphatic heterocycles. The summed E-state index contributed by atoms with van der Waals surface area (Å²) in [5, 5.41) is 6.71. The molecular weight excluding hydrogens is 481 g/mol. The molecule has 2 N–H and O–H groups in total. The van der Waals surface area contributed by atoms with E-state index in [1.807, 2.05) is 24.3 Å². The van der Waals surface area contributed by atoms with Crippen molar-refractivity contribution in [1.29, 1.82) is 0 Å². The van der Waals surface area contributed by atoms with E-state index in [1.165, 1.54) is 12.0 Å². The number of nitrogens with one attached hydrogen (secondary N) is 2. The van der Waals surface area contributed by atoms with Crippen LogP contribution in [-0.4, -0.2) is 75.1 Å². The van der Waals surface area contributed by atoms with Gasteiger partial charge in [-0.3, -0.25) is 14.7 Å². The average molecular weight is 515 g/mol. The third-order valence-electron chi connectivity index (χ3n) is 5.70. The van der Waals surface area contributed by atoms with Gasteiger partial charge in [0, 0.05) is 58.8 Å². The second-order valence-corrected chi connectivity index (χ2v) is 7.50. The molecule has 3 rings (SSSR count). The molecule has 0 bridgehead atoms. The molecule has 0 atom stereocenters. The molecule has 7 nitrogen and oxygen atoms in total. The van der Waals surface area contributed by atoms with Gasteiger partial charge in [-0.25, -0.2) is 0 Å². The number of ether oxygens (including phenoxy) is 1. The molecule has 0 unspecified atom stereocenters. The topological polar surface area (TPSA) is 69.2 Å². The minimum absolute atomic E-state index is 0. The van der Waals surface area contributed by atoms with Crippen LogP contribution in [0.4, 0.5) is 0 Å². The molecule has 1 aliphatic carbocycles. The van der Waals surface area contributed by atoms with E-state index in [1.54, 1.807) is 14.2 Å². The van der Waals surface area contributed by atoms with E-state index >= 15 is 0 Å². The Labute approximate surface area is 191 Å². The SMILES string of the molecule is CN=C(NCCN1CCN(C(=O)C2CCC2)CC1)NCc1ccc(OC)cc1.I. The van der Waals surface area contributed by atoms with Crippen molar-refractivity contribution in [2.24, 2.45) is 10.9 Å². The van der Waals surface area contributed by atoms with Crippen molar-refractivity contribution in [1.82, 2.24) is 20.4 Å². The zero-order chi connectivity index (χ0) is 19.8. The van der Waals surface area contributed by atoms with E-state index in [0.717, 1.165) is 63.8 Å². The first-order valence-electron chi connectivity index (χ1n) is 10.3. The Morgan fingerprint density at radius 2 is 1.83 bits per heavy atom. The quantitative estimate of drug-likeness (QED) is 0.330. The Bertz CT molecular complexity index is 656. The first kappa shape index (κ1) is 23.7. The summed E-state index contributed by atoms with van der Waals surface area (Å²) in [6, 6.07) is 8.01. The molecule has 1 aromatic rings. The lowest BCUT2D eigenvalue weighted by Crippen LogP contribution is -2.52. The number of carbonyl (C=O) groups excluding carboxylic acids is 1. The highest BCUT2D eigenvalue weighted by atomic mass is 127. The van der Waals surface area contributed by atoms with Crippen molar-refractivity contribution in [3.05, 3.63) is 29.8 Å². The molecule has 1 saturated carbocycles. The van der Waals surface area contributed by atoms with Crippen molar-refractivity contribution >= 4 is 35.8 Å². The Hall–Kier alpha value is -1.55. The van der Waals surface area contributed by atoms with Crippen LogP contribution in [0.5, 0.6) is 5.75 Å². The molecule has 162 valence electrons. The van der Waals surface area contributed by atoms with Crippen LogP contribution >= 0.6 is 24.0 Å². The lowest BCUT2D eigenvalue weighted by molar-refractivity contribution is -0.139. The number of halogens is 1. The number of methoxy groups -OCH3 is 1. The van der Waals surface area contributed by atoms with Gasteiger partial charge in [0.05, 0.1) is 7.11 Å². The fourth-order valence-electron chi connectivity index (χ4n) is 3.59. The fraction of sp³-hybridized carbons (Fsp3) is 0.619. The summed E-state index contributed by atoms with van der Waals surface area (Å²) in [7, 11) is 3.46. The van der Waals surface area contributed by atoms with Gasteiger partial charge in [0.15, 0.2) is 5.96 Å². The molecule has 0 radical (unpaired) electrons. The Kier molecular flexibility index (Phi) is 9.99. The number of guanidine groups is 1. The van der Waals surface area contributed by atoms with Gasteiger partial charge in [-0.1, -0.05) is 18.6 Å². The van der Waals surface area contributed by atoms with Crippen molar-refractivity contribution < 1.29 is 9.53 Å². The van der Waals surface area contributed by atoms with Gasteiger partial charge in [0.2, 0.25) is 5.91 Å². The highest BCUT2D eigenvalue weighted by Gasteiger charge is 2.30. The van der Waals surface area contributed by atoms with E-state index in [0.29, 0.717) is 18.4 Å². The molecule has 2 aliphatic rings. The van der Waals surface area contributed by atoms with Gasteiger partial charge in [0.25, 0.3) is 0 Å². The number of hydrogen-bond acceptors (Lipinski definition) is 4. The summed E-state index contributed by atoms with van der Waals surface area (Å²) in [6.45, 7) is 6.13. The molecule has 1 amide bonds. The lowest BCUT2D eigenvalue weighted by atomic mass is 9.84. The van der Waals surface area contributed by atoms with Crippen LogP contribution in [-0.2, 0) is 11.3 Å². The maximum absolute atomic E-state index is 12.3. The van der Waals surface area contributed by atoms with Crippen LogP contribution in [0.3, 0.4) is 0 Å². The molecule has 0 aromatic heterocycles. The Morgan fingerprint density at radius 3 is 2.38 bits per heavy atom. The largest absolute Gasteiger partial charge is 0.497 e. The standard InChI is InChI=1S/C21H33N5O2.HI/c1-22-21(24-16-17-6-8-19(28-2)9-7-17)23-10-11-25-12-14-26(15-13-25)20(27)18-4-3-5-18;/h6-9,18H,3-5,10-16H2,1-2H3,(H2,22,23,24);1H. The molecule has 8 heteroatoms. The zero-order valence-electron chi connectivity index (χ0n) is 17.5. The smallest absolute Gasteiger partial charge is 0.225 e. The fourth-order valence-corrected chi connectivity index (χ4v) is 3.59. The number of rotatable bonds is 7. The van der Waals surface area contributed by atoms with E-state index in [9.17, 15) is 4.79 Å². The summed E-state index contributed by atoms with van der Waals surface area (Å²) < 4.78 is 5.18. The van der Waals surface area contributed by atoms with E-state index < -0.39 is 0 Å². The molecule has 0 spiro atoms. The van der Waals surface area contributed by atoms with Gasteiger partial charge < -0.3 is 20.3 Å². The van der Waals surface area contributed by atoms with E-state index in [4.69, 9.17) is 4.74 Å². The second kappa shape index (κ2) is 12.2. The molecular formula is C21H34IN5O2. The first-order chi connectivity index (χ1) is 13.7. The minimum atomic E-state index is 0. The van der Waals surface area contributed by atoms with Gasteiger partial charge in [-0.2, -0.15) is 0 Å². The third kappa shape index (κ3) is 7.02. The maximum Gasteiger partial charge on any atom is 0.225 e. The number of benzene rings is 1. The van der Waals surface area contributed by atoms with Gasteiger partial charge in [0.1, 0.15) is 5.75 Å². The van der Waals surface area contributed by atoms with Crippen LogP contribution < -0.4 is 15.4 Å². The van der Waals surface area contributed by atoms with Gasteiger partial charge in [-0.15, -0.1) is 24.0 Å².